The van der Waals surface area contributed by atoms with E-state index in [1.165, 1.54) is 19.3 Å². The molecule has 0 aromatic carbocycles. The highest BCUT2D eigenvalue weighted by Gasteiger charge is 2.44. The molecule has 2 heterocycles. The molecule has 2 aliphatic rings. The van der Waals surface area contributed by atoms with Gasteiger partial charge in [-0.25, -0.2) is 9.97 Å². The van der Waals surface area contributed by atoms with Gasteiger partial charge in [0, 0.05) is 19.0 Å². The molecule has 0 bridgehead atoms. The molecular weight excluding hydrogens is 262 g/mol. The Kier molecular flexibility index (Phi) is 4.55. The van der Waals surface area contributed by atoms with Crippen LogP contribution < -0.4 is 5.32 Å². The molecule has 116 valence electrons. The third-order valence-corrected chi connectivity index (χ3v) is 4.96. The second kappa shape index (κ2) is 6.41. The molecule has 3 rings (SSSR count). The summed E-state index contributed by atoms with van der Waals surface area (Å²) in [5.41, 5.74) is 1.30. The maximum absolute atomic E-state index is 6.07. The van der Waals surface area contributed by atoms with Crippen LogP contribution in [-0.2, 0) is 4.74 Å². The molecule has 2 unspecified atom stereocenters. The van der Waals surface area contributed by atoms with Gasteiger partial charge in [-0.15, -0.1) is 0 Å². The number of hydrogen-bond donors (Lipinski definition) is 1. The Bertz CT molecular complexity index is 456. The minimum absolute atomic E-state index is 0.180. The predicted octanol–water partition coefficient (Wildman–Crippen LogP) is 3.18. The summed E-state index contributed by atoms with van der Waals surface area (Å²) in [7, 11) is 0. The van der Waals surface area contributed by atoms with E-state index in [0.717, 1.165) is 43.8 Å². The molecule has 1 aromatic rings. The molecule has 21 heavy (non-hydrogen) atoms. The molecule has 1 N–H and O–H groups in total. The Morgan fingerprint density at radius 2 is 2.14 bits per heavy atom. The number of ether oxygens (including phenoxy) is 1. The summed E-state index contributed by atoms with van der Waals surface area (Å²) in [6, 6.07) is 0.270. The zero-order chi connectivity index (χ0) is 14.7. The molecule has 4 nitrogen and oxygen atoms in total. The maximum Gasteiger partial charge on any atom is 0.145 e. The van der Waals surface area contributed by atoms with Crippen molar-refractivity contribution in [2.24, 2.45) is 5.92 Å². The lowest BCUT2D eigenvalue weighted by atomic mass is 9.70. The highest BCUT2D eigenvalue weighted by atomic mass is 16.5. The van der Waals surface area contributed by atoms with E-state index in [1.54, 1.807) is 0 Å². The van der Waals surface area contributed by atoms with Crippen molar-refractivity contribution in [3.05, 3.63) is 23.8 Å². The second-order valence-corrected chi connectivity index (χ2v) is 6.69. The van der Waals surface area contributed by atoms with Gasteiger partial charge in [0.15, 0.2) is 0 Å². The van der Waals surface area contributed by atoms with Gasteiger partial charge in [-0.2, -0.15) is 0 Å². The van der Waals surface area contributed by atoms with Crippen molar-refractivity contribution in [2.45, 2.75) is 64.0 Å². The average molecular weight is 289 g/mol. The largest absolute Gasteiger partial charge is 0.375 e. The van der Waals surface area contributed by atoms with Crippen LogP contribution in [0.15, 0.2) is 12.4 Å². The minimum Gasteiger partial charge on any atom is -0.375 e. The molecule has 1 spiro atoms. The van der Waals surface area contributed by atoms with Gasteiger partial charge in [0.2, 0.25) is 0 Å². The Morgan fingerprint density at radius 3 is 2.76 bits per heavy atom. The van der Waals surface area contributed by atoms with Gasteiger partial charge in [0.25, 0.3) is 0 Å². The van der Waals surface area contributed by atoms with E-state index in [0.29, 0.717) is 5.92 Å². The lowest BCUT2D eigenvalue weighted by molar-refractivity contribution is -0.147. The molecule has 0 radical (unpaired) electrons. The van der Waals surface area contributed by atoms with Crippen molar-refractivity contribution < 1.29 is 4.74 Å². The number of hydrogen-bond acceptors (Lipinski definition) is 4. The SMILES string of the molecule is CCCNC(c1ncc(C)cn1)C1CCOC2(CCC2)C1. The zero-order valence-electron chi connectivity index (χ0n) is 13.3. The van der Waals surface area contributed by atoms with Crippen LogP contribution in [0.3, 0.4) is 0 Å². The topological polar surface area (TPSA) is 47.0 Å². The first-order valence-electron chi connectivity index (χ1n) is 8.38. The van der Waals surface area contributed by atoms with E-state index in [2.05, 4.69) is 22.2 Å². The van der Waals surface area contributed by atoms with Crippen molar-refractivity contribution >= 4 is 0 Å². The number of nitrogens with zero attached hydrogens (tertiary/aromatic N) is 2. The van der Waals surface area contributed by atoms with Crippen LogP contribution in [0.25, 0.3) is 0 Å². The Balaban J connectivity index is 1.76. The fraction of sp³-hybridized carbons (Fsp3) is 0.765. The average Bonchev–Trinajstić information content (AvgIpc) is 2.48. The van der Waals surface area contributed by atoms with Crippen LogP contribution in [0.5, 0.6) is 0 Å². The van der Waals surface area contributed by atoms with Gasteiger partial charge in [0.1, 0.15) is 5.82 Å². The van der Waals surface area contributed by atoms with Crippen molar-refractivity contribution in [1.82, 2.24) is 15.3 Å². The highest BCUT2D eigenvalue weighted by Crippen LogP contribution is 2.46. The van der Waals surface area contributed by atoms with Gasteiger partial charge in [-0.1, -0.05) is 6.92 Å². The van der Waals surface area contributed by atoms with Gasteiger partial charge < -0.3 is 10.1 Å². The van der Waals surface area contributed by atoms with Gasteiger partial charge in [0.05, 0.1) is 11.6 Å². The molecular formula is C17H27N3O. The fourth-order valence-corrected chi connectivity index (χ4v) is 3.60. The molecule has 2 fully saturated rings. The molecule has 0 amide bonds. The molecule has 1 aliphatic carbocycles. The van der Waals surface area contributed by atoms with Gasteiger partial charge >= 0.3 is 0 Å². The van der Waals surface area contributed by atoms with Gasteiger partial charge in [-0.3, -0.25) is 0 Å². The predicted molar refractivity (Wildman–Crippen MR) is 83.1 cm³/mol. The monoisotopic (exact) mass is 289 g/mol. The number of nitrogens with one attached hydrogen (secondary N) is 1. The number of rotatable bonds is 5. The van der Waals surface area contributed by atoms with Gasteiger partial charge in [-0.05, 0) is 63.5 Å². The summed E-state index contributed by atoms with van der Waals surface area (Å²) in [6.07, 6.45) is 11.1. The molecule has 1 aliphatic heterocycles. The van der Waals surface area contributed by atoms with Crippen LogP contribution in [0, 0.1) is 12.8 Å². The maximum atomic E-state index is 6.07. The molecule has 4 heteroatoms. The van der Waals surface area contributed by atoms with Crippen molar-refractivity contribution in [3.63, 3.8) is 0 Å². The Hall–Kier alpha value is -1.00. The van der Waals surface area contributed by atoms with Crippen LogP contribution in [0.4, 0.5) is 0 Å². The van der Waals surface area contributed by atoms with Crippen molar-refractivity contribution in [2.75, 3.05) is 13.2 Å². The van der Waals surface area contributed by atoms with Crippen LogP contribution in [0.2, 0.25) is 0 Å². The molecule has 1 aromatic heterocycles. The summed E-state index contributed by atoms with van der Waals surface area (Å²) in [5.74, 6) is 1.55. The lowest BCUT2D eigenvalue weighted by Gasteiger charge is -2.48. The highest BCUT2D eigenvalue weighted by molar-refractivity contribution is 5.07. The first-order chi connectivity index (χ1) is 10.2. The molecule has 1 saturated carbocycles. The van der Waals surface area contributed by atoms with E-state index in [4.69, 9.17) is 4.74 Å². The van der Waals surface area contributed by atoms with E-state index in [-0.39, 0.29) is 11.6 Å². The summed E-state index contributed by atoms with van der Waals surface area (Å²) >= 11 is 0. The summed E-state index contributed by atoms with van der Waals surface area (Å²) in [6.45, 7) is 6.15. The van der Waals surface area contributed by atoms with E-state index in [9.17, 15) is 0 Å². The smallest absolute Gasteiger partial charge is 0.145 e. The van der Waals surface area contributed by atoms with E-state index >= 15 is 0 Å². The summed E-state index contributed by atoms with van der Waals surface area (Å²) in [5, 5.41) is 3.68. The Labute approximate surface area is 127 Å². The minimum atomic E-state index is 0.180. The van der Waals surface area contributed by atoms with E-state index < -0.39 is 0 Å². The third kappa shape index (κ3) is 3.27. The second-order valence-electron chi connectivity index (χ2n) is 6.69. The zero-order valence-corrected chi connectivity index (χ0v) is 13.3. The third-order valence-electron chi connectivity index (χ3n) is 4.96. The summed E-state index contributed by atoms with van der Waals surface area (Å²) in [4.78, 5) is 9.17. The standard InChI is InChI=1S/C17H27N3O/c1-3-8-18-15(16-19-11-13(2)12-20-16)14-5-9-21-17(10-14)6-4-7-17/h11-12,14-15,18H,3-10H2,1-2H3. The summed E-state index contributed by atoms with van der Waals surface area (Å²) < 4.78 is 6.07. The fourth-order valence-electron chi connectivity index (χ4n) is 3.60. The molecule has 1 saturated heterocycles. The van der Waals surface area contributed by atoms with Crippen LogP contribution >= 0.6 is 0 Å². The van der Waals surface area contributed by atoms with Crippen molar-refractivity contribution in [3.8, 4) is 0 Å². The first-order valence-corrected chi connectivity index (χ1v) is 8.38. The Morgan fingerprint density at radius 1 is 1.38 bits per heavy atom. The molecule has 2 atom stereocenters. The van der Waals surface area contributed by atoms with Crippen LogP contribution in [-0.4, -0.2) is 28.7 Å². The normalized spacial score (nSPS) is 25.5. The number of aromatic nitrogens is 2. The van der Waals surface area contributed by atoms with Crippen molar-refractivity contribution in [1.29, 1.82) is 0 Å². The van der Waals surface area contributed by atoms with Crippen LogP contribution in [0.1, 0.15) is 62.9 Å². The lowest BCUT2D eigenvalue weighted by Crippen LogP contribution is -2.48. The first kappa shape index (κ1) is 14.9. The quantitative estimate of drug-likeness (QED) is 0.904. The van der Waals surface area contributed by atoms with E-state index in [1.807, 2.05) is 19.3 Å². The number of aryl methyl sites for hydroxylation is 1.